The van der Waals surface area contributed by atoms with Crippen molar-refractivity contribution in [1.82, 2.24) is 9.55 Å². The third-order valence-corrected chi connectivity index (χ3v) is 6.59. The minimum Gasteiger partial charge on any atom is -0.464 e. The molecule has 6 heteroatoms. The van der Waals surface area contributed by atoms with E-state index in [1.165, 1.54) is 43.2 Å². The van der Waals surface area contributed by atoms with Gasteiger partial charge >= 0.3 is 5.97 Å². The lowest BCUT2D eigenvalue weighted by atomic mass is 9.75. The molecule has 0 amide bonds. The number of rotatable bonds is 6. The molecule has 2 aromatic rings. The zero-order valence-corrected chi connectivity index (χ0v) is 18.1. The summed E-state index contributed by atoms with van der Waals surface area (Å²) >= 11 is 0. The van der Waals surface area contributed by atoms with Crippen molar-refractivity contribution in [3.05, 3.63) is 42.4 Å². The number of carbonyl (C=O) groups excluding carboxylic acids is 1. The number of hydrogen-bond donors (Lipinski definition) is 1. The van der Waals surface area contributed by atoms with Crippen LogP contribution in [0.3, 0.4) is 0 Å². The summed E-state index contributed by atoms with van der Waals surface area (Å²) in [5.74, 6) is 0.574. The fourth-order valence-electron chi connectivity index (χ4n) is 4.90. The van der Waals surface area contributed by atoms with Gasteiger partial charge in [0.2, 0.25) is 0 Å². The van der Waals surface area contributed by atoms with Crippen LogP contribution < -0.4 is 5.73 Å². The zero-order chi connectivity index (χ0) is 19.7. The van der Waals surface area contributed by atoms with Gasteiger partial charge < -0.3 is 15.0 Å². The van der Waals surface area contributed by atoms with E-state index in [0.717, 1.165) is 5.69 Å². The van der Waals surface area contributed by atoms with E-state index < -0.39 is 6.04 Å². The molecule has 5 nitrogen and oxygen atoms in total. The summed E-state index contributed by atoms with van der Waals surface area (Å²) in [5, 5.41) is 0. The van der Waals surface area contributed by atoms with Gasteiger partial charge in [-0.25, -0.2) is 4.98 Å². The number of benzene rings is 1. The molecular weight excluding hydrogens is 386 g/mol. The van der Waals surface area contributed by atoms with E-state index in [1.807, 2.05) is 26.4 Å². The Morgan fingerprint density at radius 2 is 1.97 bits per heavy atom. The van der Waals surface area contributed by atoms with Gasteiger partial charge in [0.1, 0.15) is 6.04 Å². The molecule has 0 radical (unpaired) electrons. The molecule has 1 fully saturated rings. The van der Waals surface area contributed by atoms with Gasteiger partial charge in [0.05, 0.1) is 30.9 Å². The van der Waals surface area contributed by atoms with E-state index in [2.05, 4.69) is 33.8 Å². The number of fused-ring (bicyclic) bond motifs is 3. The van der Waals surface area contributed by atoms with Crippen LogP contribution in [-0.4, -0.2) is 28.2 Å². The highest BCUT2D eigenvalue weighted by molar-refractivity contribution is 5.85. The Balaban J connectivity index is 0.00000240. The second kappa shape index (κ2) is 9.31. The van der Waals surface area contributed by atoms with Gasteiger partial charge in [0.25, 0.3) is 0 Å². The number of imidazole rings is 1. The van der Waals surface area contributed by atoms with Crippen molar-refractivity contribution in [3.63, 3.8) is 0 Å². The average Bonchev–Trinajstić information content (AvgIpc) is 3.30. The number of ether oxygens (including phenoxy) is 1. The molecule has 29 heavy (non-hydrogen) atoms. The second-order valence-corrected chi connectivity index (χ2v) is 8.68. The standard InChI is InChI=1S/C23H31N3O2.ClH/c1-15(2)21(24)23(27)28-13-19(16-8-4-3-5-9-16)22-18-11-7-6-10-17(18)20-12-25-14-26(20)22;/h6-7,10-12,14-16,19,21-22H,3-5,8-9,13,24H2,1-2H3;1H/t19?,21-,22?;/m0./s1. The predicted octanol–water partition coefficient (Wildman–Crippen LogP) is 4.60. The maximum absolute atomic E-state index is 12.5. The van der Waals surface area contributed by atoms with E-state index in [0.29, 0.717) is 12.5 Å². The molecule has 1 aliphatic heterocycles. The lowest BCUT2D eigenvalue weighted by Crippen LogP contribution is -2.39. The SMILES string of the molecule is CC(C)[C@H](N)C(=O)OCC(C1CCCCC1)C1c2ccccc2-c2cncn21.Cl. The number of nitrogens with two attached hydrogens (primary N) is 1. The van der Waals surface area contributed by atoms with E-state index in [9.17, 15) is 4.79 Å². The summed E-state index contributed by atoms with van der Waals surface area (Å²) in [7, 11) is 0. The molecular formula is C23H32ClN3O2. The Morgan fingerprint density at radius 1 is 1.24 bits per heavy atom. The molecule has 2 unspecified atom stereocenters. The maximum atomic E-state index is 12.5. The Kier molecular flexibility index (Phi) is 7.01. The monoisotopic (exact) mass is 417 g/mol. The Morgan fingerprint density at radius 3 is 2.69 bits per heavy atom. The van der Waals surface area contributed by atoms with Crippen molar-refractivity contribution >= 4 is 18.4 Å². The number of hydrogen-bond acceptors (Lipinski definition) is 4. The van der Waals surface area contributed by atoms with Crippen LogP contribution in [0.25, 0.3) is 11.3 Å². The largest absolute Gasteiger partial charge is 0.464 e. The Hall–Kier alpha value is -1.85. The first-order chi connectivity index (χ1) is 13.6. The van der Waals surface area contributed by atoms with Crippen molar-refractivity contribution in [1.29, 1.82) is 0 Å². The van der Waals surface area contributed by atoms with E-state index >= 15 is 0 Å². The first-order valence-corrected chi connectivity index (χ1v) is 10.6. The molecule has 2 aliphatic rings. The molecule has 0 bridgehead atoms. The highest BCUT2D eigenvalue weighted by Gasteiger charge is 2.39. The lowest BCUT2D eigenvalue weighted by molar-refractivity contribution is -0.148. The summed E-state index contributed by atoms with van der Waals surface area (Å²) in [6.45, 7) is 4.32. The van der Waals surface area contributed by atoms with Crippen molar-refractivity contribution in [2.24, 2.45) is 23.5 Å². The highest BCUT2D eigenvalue weighted by atomic mass is 35.5. The van der Waals surface area contributed by atoms with Gasteiger partial charge in [-0.15, -0.1) is 12.4 Å². The number of carbonyl (C=O) groups is 1. The first kappa shape index (κ1) is 21.8. The van der Waals surface area contributed by atoms with Crippen LogP contribution in [-0.2, 0) is 9.53 Å². The van der Waals surface area contributed by atoms with Crippen LogP contribution in [0, 0.1) is 17.8 Å². The molecule has 1 aliphatic carbocycles. The molecule has 2 heterocycles. The zero-order valence-electron chi connectivity index (χ0n) is 17.3. The molecule has 158 valence electrons. The van der Waals surface area contributed by atoms with Gasteiger partial charge in [-0.3, -0.25) is 4.79 Å². The van der Waals surface area contributed by atoms with Crippen molar-refractivity contribution < 1.29 is 9.53 Å². The van der Waals surface area contributed by atoms with Crippen molar-refractivity contribution in [2.75, 3.05) is 6.61 Å². The van der Waals surface area contributed by atoms with E-state index in [1.54, 1.807) is 0 Å². The minimum atomic E-state index is -0.563. The molecule has 1 saturated carbocycles. The number of nitrogens with zero attached hydrogens (tertiary/aromatic N) is 2. The number of aromatic nitrogens is 2. The van der Waals surface area contributed by atoms with Gasteiger partial charge in [-0.2, -0.15) is 0 Å². The molecule has 2 N–H and O–H groups in total. The molecule has 0 spiro atoms. The molecule has 3 atom stereocenters. The molecule has 4 rings (SSSR count). The quantitative estimate of drug-likeness (QED) is 0.697. The molecule has 1 aromatic carbocycles. The topological polar surface area (TPSA) is 70.1 Å². The summed E-state index contributed by atoms with van der Waals surface area (Å²) in [5.41, 5.74) is 9.75. The first-order valence-electron chi connectivity index (χ1n) is 10.6. The third-order valence-electron chi connectivity index (χ3n) is 6.59. The number of halogens is 1. The van der Waals surface area contributed by atoms with Gasteiger partial charge in [0.15, 0.2) is 0 Å². The maximum Gasteiger partial charge on any atom is 0.323 e. The highest BCUT2D eigenvalue weighted by Crippen LogP contribution is 2.47. The Labute approximate surface area is 179 Å². The summed E-state index contributed by atoms with van der Waals surface area (Å²) in [4.78, 5) is 16.9. The summed E-state index contributed by atoms with van der Waals surface area (Å²) in [6.07, 6.45) is 10.1. The van der Waals surface area contributed by atoms with Crippen LogP contribution in [0.5, 0.6) is 0 Å². The predicted molar refractivity (Wildman–Crippen MR) is 117 cm³/mol. The van der Waals surface area contributed by atoms with Gasteiger partial charge in [0, 0.05) is 11.5 Å². The summed E-state index contributed by atoms with van der Waals surface area (Å²) in [6, 6.07) is 8.16. The smallest absolute Gasteiger partial charge is 0.323 e. The van der Waals surface area contributed by atoms with Crippen LogP contribution in [0.1, 0.15) is 57.6 Å². The minimum absolute atomic E-state index is 0. The molecule has 0 saturated heterocycles. The second-order valence-electron chi connectivity index (χ2n) is 8.68. The fraction of sp³-hybridized carbons (Fsp3) is 0.565. The normalized spacial score (nSPS) is 20.5. The van der Waals surface area contributed by atoms with Crippen LogP contribution in [0.15, 0.2) is 36.8 Å². The molecule has 1 aromatic heterocycles. The van der Waals surface area contributed by atoms with Crippen LogP contribution in [0.2, 0.25) is 0 Å². The van der Waals surface area contributed by atoms with Crippen molar-refractivity contribution in [2.45, 2.75) is 58.0 Å². The van der Waals surface area contributed by atoms with E-state index in [-0.39, 0.29) is 36.3 Å². The fourth-order valence-corrected chi connectivity index (χ4v) is 4.90. The Bertz CT molecular complexity index is 829. The van der Waals surface area contributed by atoms with Gasteiger partial charge in [-0.05, 0) is 30.2 Å². The van der Waals surface area contributed by atoms with Crippen LogP contribution >= 0.6 is 12.4 Å². The average molecular weight is 418 g/mol. The van der Waals surface area contributed by atoms with Gasteiger partial charge in [-0.1, -0.05) is 57.4 Å². The van der Waals surface area contributed by atoms with E-state index in [4.69, 9.17) is 10.5 Å². The van der Waals surface area contributed by atoms with Crippen LogP contribution in [0.4, 0.5) is 0 Å². The van der Waals surface area contributed by atoms with Crippen molar-refractivity contribution in [3.8, 4) is 11.3 Å². The lowest BCUT2D eigenvalue weighted by Gasteiger charge is -2.35. The third kappa shape index (κ3) is 4.22. The summed E-state index contributed by atoms with van der Waals surface area (Å²) < 4.78 is 8.08. The number of esters is 1.